The third kappa shape index (κ3) is 5.72. The molecule has 0 radical (unpaired) electrons. The Morgan fingerprint density at radius 2 is 1.54 bits per heavy atom. The minimum atomic E-state index is -0.134. The van der Waals surface area contributed by atoms with Gasteiger partial charge in [-0.15, -0.1) is 0 Å². The molecule has 0 spiro atoms. The van der Waals surface area contributed by atoms with Crippen LogP contribution in [0.25, 0.3) is 23.3 Å². The summed E-state index contributed by atoms with van der Waals surface area (Å²) in [6.45, 7) is 3.62. The lowest BCUT2D eigenvalue weighted by molar-refractivity contribution is -0.126. The van der Waals surface area contributed by atoms with Crippen LogP contribution in [-0.4, -0.2) is 47.5 Å². The fraction of sp³-hybridized carbons (Fsp3) is 0.310. The van der Waals surface area contributed by atoms with Gasteiger partial charge in [0, 0.05) is 50.7 Å². The first kappa shape index (κ1) is 23.1. The summed E-state index contributed by atoms with van der Waals surface area (Å²) < 4.78 is 2.35. The Bertz CT molecular complexity index is 1310. The van der Waals surface area contributed by atoms with Gasteiger partial charge in [0.05, 0.1) is 6.54 Å². The van der Waals surface area contributed by atoms with Gasteiger partial charge in [-0.1, -0.05) is 66.7 Å². The van der Waals surface area contributed by atoms with E-state index in [0.717, 1.165) is 32.5 Å². The maximum Gasteiger partial charge on any atom is 0.239 e. The molecule has 1 saturated heterocycles. The van der Waals surface area contributed by atoms with Crippen molar-refractivity contribution in [3.63, 3.8) is 0 Å². The molecule has 3 aromatic rings. The van der Waals surface area contributed by atoms with Gasteiger partial charge in [-0.25, -0.2) is 0 Å². The van der Waals surface area contributed by atoms with E-state index in [2.05, 4.69) is 87.0 Å². The molecule has 2 heterocycles. The van der Waals surface area contributed by atoms with Gasteiger partial charge in [0.1, 0.15) is 0 Å². The molecule has 5 rings (SSSR count). The van der Waals surface area contributed by atoms with E-state index >= 15 is 0 Å². The molecule has 0 bridgehead atoms. The highest BCUT2D eigenvalue weighted by atomic mass is 16.2. The van der Waals surface area contributed by atoms with E-state index < -0.39 is 0 Å². The zero-order valence-electron chi connectivity index (χ0n) is 20.0. The van der Waals surface area contributed by atoms with Crippen LogP contribution in [-0.2, 0) is 22.7 Å². The highest BCUT2D eigenvalue weighted by Gasteiger charge is 2.16. The molecule has 0 atom stereocenters. The number of aromatic nitrogens is 1. The van der Waals surface area contributed by atoms with Crippen molar-refractivity contribution < 1.29 is 9.59 Å². The predicted molar refractivity (Wildman–Crippen MR) is 139 cm³/mol. The van der Waals surface area contributed by atoms with E-state index in [9.17, 15) is 9.59 Å². The van der Waals surface area contributed by atoms with Crippen molar-refractivity contribution in [2.75, 3.05) is 26.2 Å². The van der Waals surface area contributed by atoms with Crippen molar-refractivity contribution in [2.24, 2.45) is 0 Å². The minimum absolute atomic E-state index is 0.0618. The van der Waals surface area contributed by atoms with Gasteiger partial charge in [0.2, 0.25) is 11.8 Å². The van der Waals surface area contributed by atoms with Gasteiger partial charge < -0.3 is 15.2 Å². The predicted octanol–water partition coefficient (Wildman–Crippen LogP) is 2.00. The Kier molecular flexibility index (Phi) is 7.09. The molecule has 2 aromatic carbocycles. The molecule has 6 heteroatoms. The zero-order valence-corrected chi connectivity index (χ0v) is 20.0. The maximum absolute atomic E-state index is 12.1. The summed E-state index contributed by atoms with van der Waals surface area (Å²) in [6.07, 6.45) is 9.46. The topological polar surface area (TPSA) is 66.4 Å². The molecule has 2 N–H and O–H groups in total. The smallest absolute Gasteiger partial charge is 0.239 e. The second-order valence-electron chi connectivity index (χ2n) is 9.28. The Balaban J connectivity index is 1.35. The van der Waals surface area contributed by atoms with Gasteiger partial charge >= 0.3 is 0 Å². The first-order valence-electron chi connectivity index (χ1n) is 12.4. The van der Waals surface area contributed by atoms with Crippen LogP contribution in [0.4, 0.5) is 0 Å². The highest BCUT2D eigenvalue weighted by Crippen LogP contribution is 2.19. The van der Waals surface area contributed by atoms with Gasteiger partial charge in [0.15, 0.2) is 0 Å². The van der Waals surface area contributed by atoms with E-state index in [1.165, 1.54) is 32.8 Å². The summed E-state index contributed by atoms with van der Waals surface area (Å²) in [6, 6.07) is 19.3. The van der Waals surface area contributed by atoms with E-state index in [-0.39, 0.29) is 18.4 Å². The summed E-state index contributed by atoms with van der Waals surface area (Å²) in [7, 11) is 0. The number of rotatable bonds is 5. The molecule has 1 aromatic heterocycles. The first-order chi connectivity index (χ1) is 17.2. The van der Waals surface area contributed by atoms with E-state index in [0.29, 0.717) is 19.5 Å². The van der Waals surface area contributed by atoms with Crippen molar-refractivity contribution in [3.05, 3.63) is 82.5 Å². The number of nitrogens with one attached hydrogen (secondary N) is 2. The normalized spacial score (nSPS) is 16.9. The molecule has 2 aliphatic rings. The monoisotopic (exact) mass is 468 g/mol. The number of benzene rings is 2. The SMILES string of the molecule is O=C1CCN(Cc2cn(Cc3ccc(-c4ccccc4)cc3)c3c2=CCCC=3)CCNC(=O)CN1. The molecular formula is C29H32N4O2. The van der Waals surface area contributed by atoms with Crippen molar-refractivity contribution in [1.82, 2.24) is 20.1 Å². The second kappa shape index (κ2) is 10.7. The Labute approximate surface area is 206 Å². The van der Waals surface area contributed by atoms with Crippen LogP contribution in [0.15, 0.2) is 60.8 Å². The summed E-state index contributed by atoms with van der Waals surface area (Å²) >= 11 is 0. The minimum Gasteiger partial charge on any atom is -0.353 e. The van der Waals surface area contributed by atoms with E-state index in [4.69, 9.17) is 0 Å². The molecule has 6 nitrogen and oxygen atoms in total. The van der Waals surface area contributed by atoms with Gasteiger partial charge in [-0.05, 0) is 40.3 Å². The molecule has 1 aliphatic heterocycles. The molecular weight excluding hydrogens is 436 g/mol. The number of hydrogen-bond donors (Lipinski definition) is 2. The number of fused-ring (bicyclic) bond motifs is 1. The molecule has 35 heavy (non-hydrogen) atoms. The highest BCUT2D eigenvalue weighted by molar-refractivity contribution is 5.84. The average molecular weight is 469 g/mol. The number of carbonyl (C=O) groups is 2. The quantitative estimate of drug-likeness (QED) is 0.602. The lowest BCUT2D eigenvalue weighted by atomic mass is 10.0. The summed E-state index contributed by atoms with van der Waals surface area (Å²) in [5.41, 5.74) is 5.00. The first-order valence-corrected chi connectivity index (χ1v) is 12.4. The summed E-state index contributed by atoms with van der Waals surface area (Å²) in [4.78, 5) is 26.2. The Morgan fingerprint density at radius 1 is 0.771 bits per heavy atom. The molecule has 1 aliphatic carbocycles. The van der Waals surface area contributed by atoms with Gasteiger partial charge in [0.25, 0.3) is 0 Å². The van der Waals surface area contributed by atoms with Crippen LogP contribution in [0.5, 0.6) is 0 Å². The molecule has 0 unspecified atom stereocenters. The third-order valence-corrected chi connectivity index (χ3v) is 6.76. The van der Waals surface area contributed by atoms with Crippen molar-refractivity contribution in [1.29, 1.82) is 0 Å². The van der Waals surface area contributed by atoms with E-state index in [1.807, 2.05) is 6.07 Å². The van der Waals surface area contributed by atoms with Crippen molar-refractivity contribution >= 4 is 24.0 Å². The Morgan fingerprint density at radius 3 is 2.37 bits per heavy atom. The molecule has 1 fully saturated rings. The number of nitrogens with zero attached hydrogens (tertiary/aromatic N) is 2. The van der Waals surface area contributed by atoms with Crippen LogP contribution >= 0.6 is 0 Å². The fourth-order valence-electron chi connectivity index (χ4n) is 4.90. The van der Waals surface area contributed by atoms with Gasteiger partial charge in [-0.2, -0.15) is 0 Å². The molecule has 0 saturated carbocycles. The average Bonchev–Trinajstić information content (AvgIpc) is 3.23. The number of amides is 2. The largest absolute Gasteiger partial charge is 0.353 e. The Hall–Kier alpha value is -3.64. The van der Waals surface area contributed by atoms with Crippen molar-refractivity contribution in [2.45, 2.75) is 32.4 Å². The van der Waals surface area contributed by atoms with Crippen LogP contribution in [0.1, 0.15) is 30.4 Å². The second-order valence-corrected chi connectivity index (χ2v) is 9.28. The number of carbonyl (C=O) groups excluding carboxylic acids is 2. The van der Waals surface area contributed by atoms with Crippen LogP contribution in [0.2, 0.25) is 0 Å². The lowest BCUT2D eigenvalue weighted by Crippen LogP contribution is -2.44. The van der Waals surface area contributed by atoms with Crippen molar-refractivity contribution in [3.8, 4) is 11.1 Å². The molecule has 2 amide bonds. The lowest BCUT2D eigenvalue weighted by Gasteiger charge is -2.23. The maximum atomic E-state index is 12.1. The number of hydrogen-bond acceptors (Lipinski definition) is 3. The summed E-state index contributed by atoms with van der Waals surface area (Å²) in [5, 5.41) is 8.17. The zero-order chi connectivity index (χ0) is 24.0. The van der Waals surface area contributed by atoms with E-state index in [1.54, 1.807) is 0 Å². The summed E-state index contributed by atoms with van der Waals surface area (Å²) in [5.74, 6) is -0.213. The third-order valence-electron chi connectivity index (χ3n) is 6.76. The van der Waals surface area contributed by atoms with Gasteiger partial charge in [-0.3, -0.25) is 14.5 Å². The van der Waals surface area contributed by atoms with Crippen LogP contribution in [0, 0.1) is 0 Å². The fourth-order valence-corrected chi connectivity index (χ4v) is 4.90. The van der Waals surface area contributed by atoms with Crippen LogP contribution < -0.4 is 21.2 Å². The standard InChI is InChI=1S/C29H32N4O2/c34-28-14-16-32(17-15-30-29(35)18-31-28)20-25-21-33(27-9-5-4-8-26(25)27)19-22-10-12-24(13-11-22)23-6-2-1-3-7-23/h1-3,6-13,21H,4-5,14-20H2,(H,30,35)(H,31,34). The molecule has 180 valence electrons. The van der Waals surface area contributed by atoms with Crippen LogP contribution in [0.3, 0.4) is 0 Å².